The number of halogens is 1. The first kappa shape index (κ1) is 12.9. The smallest absolute Gasteiger partial charge is 0.252 e. The van der Waals surface area contributed by atoms with Crippen LogP contribution in [0.5, 0.6) is 0 Å². The van der Waals surface area contributed by atoms with Gasteiger partial charge in [0.25, 0.3) is 5.91 Å². The molecule has 1 aliphatic carbocycles. The summed E-state index contributed by atoms with van der Waals surface area (Å²) in [6, 6.07) is 5.37. The van der Waals surface area contributed by atoms with Crippen molar-refractivity contribution in [3.8, 4) is 0 Å². The third-order valence-corrected chi connectivity index (χ3v) is 3.93. The van der Waals surface area contributed by atoms with Gasteiger partial charge in [0.15, 0.2) is 0 Å². The molecule has 3 nitrogen and oxygen atoms in total. The highest BCUT2D eigenvalue weighted by Crippen LogP contribution is 2.26. The molecule has 0 unspecified atom stereocenters. The Morgan fingerprint density at radius 3 is 2.88 bits per heavy atom. The molecule has 2 N–H and O–H groups in total. The van der Waals surface area contributed by atoms with Gasteiger partial charge in [-0.05, 0) is 52.9 Å². The normalized spacial score (nSPS) is 23.0. The Kier molecular flexibility index (Phi) is 4.12. The quantitative estimate of drug-likeness (QED) is 0.749. The topological polar surface area (TPSA) is 49.3 Å². The standard InChI is InChI=1S/C12H14BrNO2S/c13-11-2-1-9(17)5-10(11)12(16)14-6-7-3-8(15)4-7/h1-2,5,7-8,15,17H,3-4,6H2,(H,14,16). The van der Waals surface area contributed by atoms with E-state index in [0.29, 0.717) is 18.0 Å². The van der Waals surface area contributed by atoms with Gasteiger partial charge in [0, 0.05) is 15.9 Å². The van der Waals surface area contributed by atoms with E-state index in [-0.39, 0.29) is 12.0 Å². The highest BCUT2D eigenvalue weighted by atomic mass is 79.9. The van der Waals surface area contributed by atoms with Crippen molar-refractivity contribution in [3.05, 3.63) is 28.2 Å². The lowest BCUT2D eigenvalue weighted by Crippen LogP contribution is -2.38. The molecule has 1 aliphatic rings. The summed E-state index contributed by atoms with van der Waals surface area (Å²) in [4.78, 5) is 12.7. The summed E-state index contributed by atoms with van der Waals surface area (Å²) in [6.45, 7) is 0.624. The van der Waals surface area contributed by atoms with Crippen molar-refractivity contribution in [3.63, 3.8) is 0 Å². The fourth-order valence-electron chi connectivity index (χ4n) is 1.89. The summed E-state index contributed by atoms with van der Waals surface area (Å²) in [5.74, 6) is 0.307. The van der Waals surface area contributed by atoms with Crippen LogP contribution in [0.15, 0.2) is 27.6 Å². The van der Waals surface area contributed by atoms with E-state index in [1.165, 1.54) is 0 Å². The van der Waals surface area contributed by atoms with Gasteiger partial charge in [0.2, 0.25) is 0 Å². The van der Waals surface area contributed by atoms with Crippen LogP contribution in [-0.4, -0.2) is 23.7 Å². The molecule has 92 valence electrons. The first-order valence-electron chi connectivity index (χ1n) is 5.51. The highest BCUT2D eigenvalue weighted by Gasteiger charge is 2.27. The minimum Gasteiger partial charge on any atom is -0.393 e. The van der Waals surface area contributed by atoms with E-state index < -0.39 is 0 Å². The van der Waals surface area contributed by atoms with Crippen LogP contribution in [-0.2, 0) is 0 Å². The lowest BCUT2D eigenvalue weighted by molar-refractivity contribution is 0.0420. The average molecular weight is 316 g/mol. The molecule has 17 heavy (non-hydrogen) atoms. The lowest BCUT2D eigenvalue weighted by Gasteiger charge is -2.31. The zero-order valence-electron chi connectivity index (χ0n) is 9.19. The largest absolute Gasteiger partial charge is 0.393 e. The Labute approximate surface area is 114 Å². The summed E-state index contributed by atoms with van der Waals surface area (Å²) in [6.07, 6.45) is 1.40. The Morgan fingerprint density at radius 2 is 2.24 bits per heavy atom. The molecule has 1 fully saturated rings. The van der Waals surface area contributed by atoms with Crippen molar-refractivity contribution in [1.82, 2.24) is 5.32 Å². The number of aliphatic hydroxyl groups is 1. The number of amides is 1. The van der Waals surface area contributed by atoms with Crippen LogP contribution >= 0.6 is 28.6 Å². The number of rotatable bonds is 3. The molecule has 0 atom stereocenters. The lowest BCUT2D eigenvalue weighted by atomic mass is 9.82. The molecule has 1 aromatic rings. The van der Waals surface area contributed by atoms with Crippen LogP contribution in [0.1, 0.15) is 23.2 Å². The molecule has 0 aromatic heterocycles. The molecule has 0 radical (unpaired) electrons. The molecule has 2 rings (SSSR count). The van der Waals surface area contributed by atoms with Crippen molar-refractivity contribution < 1.29 is 9.90 Å². The summed E-state index contributed by atoms with van der Waals surface area (Å²) < 4.78 is 0.765. The van der Waals surface area contributed by atoms with Gasteiger partial charge in [-0.1, -0.05) is 0 Å². The SMILES string of the molecule is O=C(NCC1CC(O)C1)c1cc(S)ccc1Br. The van der Waals surface area contributed by atoms with Crippen molar-refractivity contribution >= 4 is 34.5 Å². The molecule has 0 heterocycles. The van der Waals surface area contributed by atoms with Gasteiger partial charge in [-0.15, -0.1) is 12.6 Å². The third kappa shape index (κ3) is 3.24. The number of hydrogen-bond acceptors (Lipinski definition) is 3. The molecule has 0 spiro atoms. The zero-order valence-corrected chi connectivity index (χ0v) is 11.7. The molecule has 1 saturated carbocycles. The van der Waals surface area contributed by atoms with Crippen molar-refractivity contribution in [2.24, 2.45) is 5.92 Å². The summed E-state index contributed by atoms with van der Waals surface area (Å²) in [5, 5.41) is 12.0. The molecule has 5 heteroatoms. The monoisotopic (exact) mass is 315 g/mol. The maximum Gasteiger partial charge on any atom is 0.252 e. The predicted octanol–water partition coefficient (Wildman–Crippen LogP) is 2.24. The van der Waals surface area contributed by atoms with E-state index in [9.17, 15) is 4.79 Å². The Hall–Kier alpha value is -0.520. The van der Waals surface area contributed by atoms with E-state index in [2.05, 4.69) is 33.9 Å². The molecule has 0 bridgehead atoms. The molecule has 1 amide bonds. The number of aliphatic hydroxyl groups excluding tert-OH is 1. The van der Waals surface area contributed by atoms with Crippen LogP contribution in [0, 0.1) is 5.92 Å². The first-order valence-corrected chi connectivity index (χ1v) is 6.75. The highest BCUT2D eigenvalue weighted by molar-refractivity contribution is 9.10. The van der Waals surface area contributed by atoms with Gasteiger partial charge >= 0.3 is 0 Å². The second-order valence-corrected chi connectivity index (χ2v) is 5.74. The van der Waals surface area contributed by atoms with Gasteiger partial charge in [0.05, 0.1) is 11.7 Å². The second kappa shape index (κ2) is 5.42. The summed E-state index contributed by atoms with van der Waals surface area (Å²) >= 11 is 7.56. The molecular weight excluding hydrogens is 302 g/mol. The Morgan fingerprint density at radius 1 is 1.53 bits per heavy atom. The number of benzene rings is 1. The van der Waals surface area contributed by atoms with Gasteiger partial charge in [-0.3, -0.25) is 4.79 Å². The minimum atomic E-state index is -0.176. The minimum absolute atomic E-state index is 0.103. The Bertz CT molecular complexity index is 433. The fraction of sp³-hybridized carbons (Fsp3) is 0.417. The maximum absolute atomic E-state index is 11.9. The third-order valence-electron chi connectivity index (χ3n) is 2.96. The average Bonchev–Trinajstić information content (AvgIpc) is 2.26. The van der Waals surface area contributed by atoms with Gasteiger partial charge in [-0.25, -0.2) is 0 Å². The molecule has 1 aromatic carbocycles. The number of thiol groups is 1. The first-order chi connectivity index (χ1) is 8.06. The molecular formula is C12H14BrNO2S. The Balaban J connectivity index is 1.92. The van der Waals surface area contributed by atoms with Crippen LogP contribution in [0.25, 0.3) is 0 Å². The van der Waals surface area contributed by atoms with Crippen LogP contribution in [0.2, 0.25) is 0 Å². The van der Waals surface area contributed by atoms with Crippen LogP contribution < -0.4 is 5.32 Å². The summed E-state index contributed by atoms with van der Waals surface area (Å²) in [5.41, 5.74) is 0.595. The number of carbonyl (C=O) groups excluding carboxylic acids is 1. The van der Waals surface area contributed by atoms with E-state index in [4.69, 9.17) is 5.11 Å². The van der Waals surface area contributed by atoms with Crippen LogP contribution in [0.4, 0.5) is 0 Å². The summed E-state index contributed by atoms with van der Waals surface area (Å²) in [7, 11) is 0. The van der Waals surface area contributed by atoms with Gasteiger partial charge < -0.3 is 10.4 Å². The maximum atomic E-state index is 11.9. The van der Waals surface area contributed by atoms with E-state index >= 15 is 0 Å². The van der Waals surface area contributed by atoms with E-state index in [1.807, 2.05) is 12.1 Å². The number of carbonyl (C=O) groups is 1. The van der Waals surface area contributed by atoms with E-state index in [0.717, 1.165) is 22.2 Å². The fourth-order valence-corrected chi connectivity index (χ4v) is 2.52. The van der Waals surface area contributed by atoms with Crippen molar-refractivity contribution in [1.29, 1.82) is 0 Å². The van der Waals surface area contributed by atoms with Crippen LogP contribution in [0.3, 0.4) is 0 Å². The van der Waals surface area contributed by atoms with E-state index in [1.54, 1.807) is 6.07 Å². The predicted molar refractivity (Wildman–Crippen MR) is 72.5 cm³/mol. The zero-order chi connectivity index (χ0) is 12.4. The van der Waals surface area contributed by atoms with Gasteiger partial charge in [0.1, 0.15) is 0 Å². The van der Waals surface area contributed by atoms with Gasteiger partial charge in [-0.2, -0.15) is 0 Å². The second-order valence-electron chi connectivity index (χ2n) is 4.37. The molecule has 0 saturated heterocycles. The van der Waals surface area contributed by atoms with Crippen molar-refractivity contribution in [2.45, 2.75) is 23.8 Å². The van der Waals surface area contributed by atoms with Crippen molar-refractivity contribution in [2.75, 3.05) is 6.54 Å². The number of nitrogens with one attached hydrogen (secondary N) is 1. The number of hydrogen-bond donors (Lipinski definition) is 3. The molecule has 0 aliphatic heterocycles.